The number of aliphatic imine (C=N–C) groups is 1. The second-order valence-corrected chi connectivity index (χ2v) is 9.16. The Balaban J connectivity index is 1.61. The quantitative estimate of drug-likeness (QED) is 0.480. The summed E-state index contributed by atoms with van der Waals surface area (Å²) in [5.74, 6) is 1.54. The van der Waals surface area contributed by atoms with E-state index in [0.717, 1.165) is 18.8 Å². The summed E-state index contributed by atoms with van der Waals surface area (Å²) in [4.78, 5) is 7.44. The van der Waals surface area contributed by atoms with Gasteiger partial charge in [0.2, 0.25) is 0 Å². The van der Waals surface area contributed by atoms with Crippen molar-refractivity contribution < 1.29 is 12.8 Å². The summed E-state index contributed by atoms with van der Waals surface area (Å²) >= 11 is 0. The molecule has 0 spiro atoms. The number of sulfone groups is 1. The molecule has 0 radical (unpaired) electrons. The van der Waals surface area contributed by atoms with Gasteiger partial charge in [0.05, 0.1) is 29.5 Å². The molecule has 1 atom stereocenters. The number of benzene rings is 1. The molecule has 8 heteroatoms. The van der Waals surface area contributed by atoms with Crippen LogP contribution in [0.1, 0.15) is 31.6 Å². The molecule has 1 fully saturated rings. The van der Waals surface area contributed by atoms with E-state index in [1.807, 2.05) is 25.1 Å². The van der Waals surface area contributed by atoms with Crippen LogP contribution in [-0.4, -0.2) is 57.8 Å². The Morgan fingerprint density at radius 1 is 1.14 bits per heavy atom. The van der Waals surface area contributed by atoms with Crippen molar-refractivity contribution in [2.45, 2.75) is 30.7 Å². The van der Waals surface area contributed by atoms with Crippen LogP contribution < -0.4 is 10.6 Å². The Morgan fingerprint density at radius 2 is 1.90 bits per heavy atom. The van der Waals surface area contributed by atoms with Gasteiger partial charge in [0.1, 0.15) is 5.76 Å². The van der Waals surface area contributed by atoms with Gasteiger partial charge in [-0.15, -0.1) is 0 Å². The average Bonchev–Trinajstić information content (AvgIpc) is 3.43. The number of hydrogen-bond acceptors (Lipinski definition) is 5. The van der Waals surface area contributed by atoms with Gasteiger partial charge in [-0.1, -0.05) is 18.2 Å². The minimum absolute atomic E-state index is 0.00909. The lowest BCUT2D eigenvalue weighted by molar-refractivity contribution is 0.221. The summed E-state index contributed by atoms with van der Waals surface area (Å²) in [6.07, 6.45) is 4.08. The van der Waals surface area contributed by atoms with E-state index >= 15 is 0 Å². The topological polar surface area (TPSA) is 86.9 Å². The summed E-state index contributed by atoms with van der Waals surface area (Å²) in [7, 11) is -3.32. The van der Waals surface area contributed by atoms with Gasteiger partial charge < -0.3 is 15.1 Å². The summed E-state index contributed by atoms with van der Waals surface area (Å²) in [6.45, 7) is 5.61. The van der Waals surface area contributed by atoms with Gasteiger partial charge in [-0.3, -0.25) is 9.89 Å². The first-order chi connectivity index (χ1) is 14.1. The molecule has 0 aliphatic carbocycles. The molecule has 2 N–H and O–H groups in total. The lowest BCUT2D eigenvalue weighted by Gasteiger charge is -2.24. The third-order valence-corrected chi connectivity index (χ3v) is 6.72. The van der Waals surface area contributed by atoms with E-state index in [9.17, 15) is 8.42 Å². The highest BCUT2D eigenvalue weighted by Crippen LogP contribution is 2.25. The number of hydrogen-bond donors (Lipinski definition) is 2. The zero-order chi connectivity index (χ0) is 20.5. The third-order valence-electron chi connectivity index (χ3n) is 4.99. The first kappa shape index (κ1) is 21.4. The van der Waals surface area contributed by atoms with E-state index < -0.39 is 9.84 Å². The van der Waals surface area contributed by atoms with E-state index in [4.69, 9.17) is 9.41 Å². The predicted molar refractivity (Wildman–Crippen MR) is 115 cm³/mol. The fourth-order valence-electron chi connectivity index (χ4n) is 3.49. The number of nitrogens with one attached hydrogen (secondary N) is 2. The first-order valence-electron chi connectivity index (χ1n) is 10.2. The normalized spacial score (nSPS) is 16.7. The maximum Gasteiger partial charge on any atom is 0.191 e. The molecule has 1 saturated heterocycles. The average molecular weight is 419 g/mol. The summed E-state index contributed by atoms with van der Waals surface area (Å²) in [6, 6.07) is 12.5. The zero-order valence-corrected chi connectivity index (χ0v) is 17.7. The van der Waals surface area contributed by atoms with Crippen LogP contribution in [0.5, 0.6) is 0 Å². The maximum absolute atomic E-state index is 12.4. The van der Waals surface area contributed by atoms with Crippen molar-refractivity contribution in [3.63, 3.8) is 0 Å². The van der Waals surface area contributed by atoms with Crippen molar-refractivity contribution in [2.75, 3.05) is 38.5 Å². The van der Waals surface area contributed by atoms with Crippen LogP contribution in [0, 0.1) is 0 Å². The van der Waals surface area contributed by atoms with Crippen molar-refractivity contribution >= 4 is 15.8 Å². The second-order valence-electron chi connectivity index (χ2n) is 7.05. The molecule has 7 nitrogen and oxygen atoms in total. The van der Waals surface area contributed by atoms with Gasteiger partial charge in [0, 0.05) is 13.1 Å². The van der Waals surface area contributed by atoms with Crippen LogP contribution in [-0.2, 0) is 9.84 Å². The Kier molecular flexibility index (Phi) is 7.71. The SMILES string of the molecule is CCNC(=NCC(c1ccco1)N1CCCC1)NCCS(=O)(=O)c1ccccc1. The number of likely N-dealkylation sites (tertiary alicyclic amines) is 1. The Hall–Kier alpha value is -2.32. The van der Waals surface area contributed by atoms with E-state index in [1.165, 1.54) is 12.8 Å². The molecule has 0 bridgehead atoms. The van der Waals surface area contributed by atoms with E-state index in [-0.39, 0.29) is 18.3 Å². The summed E-state index contributed by atoms with van der Waals surface area (Å²) < 4.78 is 30.5. The molecule has 1 aliphatic rings. The lowest BCUT2D eigenvalue weighted by Crippen LogP contribution is -2.40. The molecule has 0 amide bonds. The maximum atomic E-state index is 12.4. The second kappa shape index (κ2) is 10.5. The van der Waals surface area contributed by atoms with Crippen molar-refractivity contribution in [3.8, 4) is 0 Å². The lowest BCUT2D eigenvalue weighted by atomic mass is 10.2. The standard InChI is InChI=1S/C21H30N4O3S/c1-2-22-21(23-12-16-29(26,27)18-9-4-3-5-10-18)24-17-19(20-11-8-15-28-20)25-13-6-7-14-25/h3-5,8-11,15,19H,2,6-7,12-14,16-17H2,1H3,(H2,22,23,24). The van der Waals surface area contributed by atoms with E-state index in [2.05, 4.69) is 15.5 Å². The molecule has 1 aromatic heterocycles. The van der Waals surface area contributed by atoms with Gasteiger partial charge in [-0.25, -0.2) is 8.42 Å². The van der Waals surface area contributed by atoms with Gasteiger partial charge >= 0.3 is 0 Å². The molecule has 2 aromatic rings. The number of nitrogens with zero attached hydrogens (tertiary/aromatic N) is 2. The Morgan fingerprint density at radius 3 is 2.55 bits per heavy atom. The van der Waals surface area contributed by atoms with Crippen LogP contribution in [0.2, 0.25) is 0 Å². The molecule has 1 aromatic carbocycles. The van der Waals surface area contributed by atoms with Crippen LogP contribution >= 0.6 is 0 Å². The highest BCUT2D eigenvalue weighted by Gasteiger charge is 2.25. The summed E-state index contributed by atoms with van der Waals surface area (Å²) in [5, 5.41) is 6.34. The van der Waals surface area contributed by atoms with Crippen molar-refractivity contribution in [1.29, 1.82) is 0 Å². The zero-order valence-electron chi connectivity index (χ0n) is 16.9. The molecule has 158 valence electrons. The minimum Gasteiger partial charge on any atom is -0.468 e. The minimum atomic E-state index is -3.32. The van der Waals surface area contributed by atoms with Gasteiger partial charge in [0.15, 0.2) is 15.8 Å². The fraction of sp³-hybridized carbons (Fsp3) is 0.476. The molecule has 29 heavy (non-hydrogen) atoms. The van der Waals surface area contributed by atoms with Crippen molar-refractivity contribution in [1.82, 2.24) is 15.5 Å². The van der Waals surface area contributed by atoms with Crippen LogP contribution in [0.15, 0.2) is 63.0 Å². The molecule has 0 saturated carbocycles. The molecule has 2 heterocycles. The fourth-order valence-corrected chi connectivity index (χ4v) is 4.67. The number of guanidine groups is 1. The monoisotopic (exact) mass is 418 g/mol. The van der Waals surface area contributed by atoms with Crippen molar-refractivity contribution in [2.24, 2.45) is 4.99 Å². The molecule has 3 rings (SSSR count). The Bertz CT molecular complexity index is 861. The summed E-state index contributed by atoms with van der Waals surface area (Å²) in [5.41, 5.74) is 0. The van der Waals surface area contributed by atoms with Crippen LogP contribution in [0.25, 0.3) is 0 Å². The molecule has 1 aliphatic heterocycles. The van der Waals surface area contributed by atoms with Crippen molar-refractivity contribution in [3.05, 3.63) is 54.5 Å². The molecular weight excluding hydrogens is 388 g/mol. The highest BCUT2D eigenvalue weighted by atomic mass is 32.2. The van der Waals surface area contributed by atoms with Gasteiger partial charge in [-0.05, 0) is 57.1 Å². The predicted octanol–water partition coefficient (Wildman–Crippen LogP) is 2.45. The smallest absolute Gasteiger partial charge is 0.191 e. The third kappa shape index (κ3) is 6.08. The van der Waals surface area contributed by atoms with E-state index in [0.29, 0.717) is 23.9 Å². The van der Waals surface area contributed by atoms with Crippen LogP contribution in [0.3, 0.4) is 0 Å². The number of furan rings is 1. The number of rotatable bonds is 9. The Labute approximate surface area is 173 Å². The van der Waals surface area contributed by atoms with Gasteiger partial charge in [0.25, 0.3) is 0 Å². The van der Waals surface area contributed by atoms with Crippen LogP contribution in [0.4, 0.5) is 0 Å². The largest absolute Gasteiger partial charge is 0.468 e. The van der Waals surface area contributed by atoms with E-state index in [1.54, 1.807) is 30.5 Å². The molecular formula is C21H30N4O3S. The molecule has 1 unspecified atom stereocenters. The highest BCUT2D eigenvalue weighted by molar-refractivity contribution is 7.91. The van der Waals surface area contributed by atoms with Gasteiger partial charge in [-0.2, -0.15) is 0 Å². The first-order valence-corrected chi connectivity index (χ1v) is 11.8.